The van der Waals surface area contributed by atoms with Crippen LogP contribution in [0.5, 0.6) is 5.75 Å². The van der Waals surface area contributed by atoms with Gasteiger partial charge >= 0.3 is 5.97 Å². The first-order valence-corrected chi connectivity index (χ1v) is 14.3. The molecule has 1 aliphatic rings. The van der Waals surface area contributed by atoms with Crippen molar-refractivity contribution in [3.05, 3.63) is 60.4 Å². The minimum atomic E-state index is -3.14. The van der Waals surface area contributed by atoms with Crippen molar-refractivity contribution in [1.82, 2.24) is 0 Å². The molecule has 192 valence electrons. The summed E-state index contributed by atoms with van der Waals surface area (Å²) in [5, 5.41) is 8.94. The van der Waals surface area contributed by atoms with E-state index < -0.39 is 16.6 Å². The topological polar surface area (TPSA) is 90.2 Å². The van der Waals surface area contributed by atoms with Gasteiger partial charge in [0.15, 0.2) is 0 Å². The van der Waals surface area contributed by atoms with Crippen LogP contribution in [0.3, 0.4) is 0 Å². The number of fused-ring (bicyclic) bond motifs is 1. The Morgan fingerprint density at radius 3 is 2.31 bits per heavy atom. The van der Waals surface area contributed by atoms with E-state index in [4.69, 9.17) is 9.84 Å². The summed E-state index contributed by atoms with van der Waals surface area (Å²) in [4.78, 5) is 13.6. The average Bonchev–Trinajstić information content (AvgIpc) is 2.93. The van der Waals surface area contributed by atoms with Crippen LogP contribution in [-0.2, 0) is 11.2 Å². The van der Waals surface area contributed by atoms with Crippen LogP contribution < -0.4 is 9.64 Å². The number of aryl methyl sites for hydroxylation is 1. The molecule has 0 unspecified atom stereocenters. The van der Waals surface area contributed by atoms with E-state index in [1.807, 2.05) is 31.2 Å². The molecule has 3 rings (SSSR count). The second-order valence-corrected chi connectivity index (χ2v) is 11.5. The molecule has 0 atom stereocenters. The molecule has 6 nitrogen and oxygen atoms in total. The predicted molar refractivity (Wildman–Crippen MR) is 144 cm³/mol. The van der Waals surface area contributed by atoms with E-state index in [1.165, 1.54) is 0 Å². The number of hydrogen-bond donors (Lipinski definition) is 3. The SMILES string of the molecule is CCCCC1(CCCC)CN(c2ccccc2)c2cc(CC)c(O/C=C\C(=O)O)cc2S(O)(O)C1. The summed E-state index contributed by atoms with van der Waals surface area (Å²) in [5.41, 5.74) is 2.45. The van der Waals surface area contributed by atoms with E-state index >= 15 is 0 Å². The smallest absolute Gasteiger partial charge is 0.331 e. The van der Waals surface area contributed by atoms with Crippen molar-refractivity contribution in [2.45, 2.75) is 70.6 Å². The third-order valence-corrected chi connectivity index (χ3v) is 8.81. The van der Waals surface area contributed by atoms with Crippen LogP contribution >= 0.6 is 10.6 Å². The molecule has 0 saturated heterocycles. The van der Waals surface area contributed by atoms with Gasteiger partial charge in [0.25, 0.3) is 0 Å². The highest BCUT2D eigenvalue weighted by Gasteiger charge is 2.42. The number of hydrogen-bond acceptors (Lipinski definition) is 5. The zero-order valence-corrected chi connectivity index (χ0v) is 21.9. The van der Waals surface area contributed by atoms with Gasteiger partial charge in [-0.1, -0.05) is 64.7 Å². The number of carbonyl (C=O) groups is 1. The van der Waals surface area contributed by atoms with Crippen molar-refractivity contribution >= 4 is 27.9 Å². The summed E-state index contributed by atoms with van der Waals surface area (Å²) in [6, 6.07) is 13.8. The minimum absolute atomic E-state index is 0.240. The fourth-order valence-electron chi connectivity index (χ4n) is 4.96. The third kappa shape index (κ3) is 6.60. The number of nitrogens with zero attached hydrogens (tertiary/aromatic N) is 1. The Kier molecular flexibility index (Phi) is 9.27. The van der Waals surface area contributed by atoms with Crippen molar-refractivity contribution in [3.8, 4) is 5.75 Å². The molecule has 0 amide bonds. The van der Waals surface area contributed by atoms with E-state index in [2.05, 4.69) is 30.9 Å². The maximum absolute atomic E-state index is 11.7. The molecule has 0 fully saturated rings. The lowest BCUT2D eigenvalue weighted by molar-refractivity contribution is -0.131. The molecule has 7 heteroatoms. The van der Waals surface area contributed by atoms with Gasteiger partial charge in [0.2, 0.25) is 0 Å². The van der Waals surface area contributed by atoms with Gasteiger partial charge < -0.3 is 14.7 Å². The predicted octanol–water partition coefficient (Wildman–Crippen LogP) is 7.85. The Labute approximate surface area is 211 Å². The van der Waals surface area contributed by atoms with Crippen LogP contribution in [0.4, 0.5) is 11.4 Å². The van der Waals surface area contributed by atoms with E-state index in [0.717, 1.165) is 67.8 Å². The highest BCUT2D eigenvalue weighted by Crippen LogP contribution is 2.61. The average molecular weight is 502 g/mol. The molecule has 0 saturated carbocycles. The molecule has 2 aromatic carbocycles. The fourth-order valence-corrected chi connectivity index (χ4v) is 7.15. The largest absolute Gasteiger partial charge is 0.478 e. The zero-order valence-electron chi connectivity index (χ0n) is 21.1. The molecular formula is C28H39NO5S. The molecule has 0 bridgehead atoms. The number of aliphatic carboxylic acids is 1. The molecule has 0 spiro atoms. The Hall–Kier alpha value is -2.48. The van der Waals surface area contributed by atoms with Crippen LogP contribution in [-0.4, -0.2) is 32.5 Å². The lowest BCUT2D eigenvalue weighted by Crippen LogP contribution is -2.37. The first-order chi connectivity index (χ1) is 16.7. The Balaban J connectivity index is 2.20. The number of benzene rings is 2. The van der Waals surface area contributed by atoms with Crippen LogP contribution in [0.2, 0.25) is 0 Å². The second-order valence-electron chi connectivity index (χ2n) is 9.48. The minimum Gasteiger partial charge on any atom is -0.478 e. The molecule has 1 heterocycles. The summed E-state index contributed by atoms with van der Waals surface area (Å²) in [7, 11) is -3.14. The summed E-state index contributed by atoms with van der Waals surface area (Å²) >= 11 is 0. The standard InChI is InChI=1S/C28H39NO5S/c1-4-7-15-28(16-8-5-2)20-29(23-12-10-9-11-13-23)24-18-22(6-3)25(34-17-14-27(30)31)19-26(24)35(32,33)21-28/h9-14,17-19,32-33H,4-8,15-16,20-21H2,1-3H3,(H,30,31)/b17-14-. The number of carboxylic acid groups (broad SMARTS) is 1. The quantitative estimate of drug-likeness (QED) is 0.214. The summed E-state index contributed by atoms with van der Waals surface area (Å²) in [6.07, 6.45) is 8.76. The van der Waals surface area contributed by atoms with Crippen molar-refractivity contribution in [1.29, 1.82) is 0 Å². The Morgan fingerprint density at radius 1 is 1.09 bits per heavy atom. The highest BCUT2D eigenvalue weighted by molar-refractivity contribution is 8.24. The molecule has 1 aliphatic heterocycles. The lowest BCUT2D eigenvalue weighted by Gasteiger charge is -2.42. The zero-order chi connectivity index (χ0) is 25.5. The van der Waals surface area contributed by atoms with Crippen LogP contribution in [0.25, 0.3) is 0 Å². The molecule has 0 aromatic heterocycles. The number of para-hydroxylation sites is 1. The maximum atomic E-state index is 11.7. The van der Waals surface area contributed by atoms with Gasteiger partial charge in [-0.25, -0.2) is 4.79 Å². The molecule has 35 heavy (non-hydrogen) atoms. The van der Waals surface area contributed by atoms with Crippen LogP contribution in [0, 0.1) is 5.41 Å². The Bertz CT molecular complexity index is 1010. The van der Waals surface area contributed by atoms with Crippen molar-refractivity contribution in [2.75, 3.05) is 17.2 Å². The maximum Gasteiger partial charge on any atom is 0.331 e. The van der Waals surface area contributed by atoms with Gasteiger partial charge in [-0.15, -0.1) is 0 Å². The van der Waals surface area contributed by atoms with Crippen molar-refractivity contribution in [3.63, 3.8) is 0 Å². The summed E-state index contributed by atoms with van der Waals surface area (Å²) < 4.78 is 29.0. The number of unbranched alkanes of at least 4 members (excludes halogenated alkanes) is 2. The van der Waals surface area contributed by atoms with Gasteiger partial charge in [0, 0.05) is 29.5 Å². The van der Waals surface area contributed by atoms with E-state index in [9.17, 15) is 13.9 Å². The number of ether oxygens (including phenoxy) is 1. The fraction of sp³-hybridized carbons (Fsp3) is 0.464. The first-order valence-electron chi connectivity index (χ1n) is 12.6. The molecule has 0 aliphatic carbocycles. The van der Waals surface area contributed by atoms with Crippen molar-refractivity contribution in [2.24, 2.45) is 5.41 Å². The van der Waals surface area contributed by atoms with Gasteiger partial charge in [-0.05, 0) is 43.0 Å². The molecule has 2 aromatic rings. The highest BCUT2D eigenvalue weighted by atomic mass is 32.3. The summed E-state index contributed by atoms with van der Waals surface area (Å²) in [5.74, 6) is -0.341. The van der Waals surface area contributed by atoms with Gasteiger partial charge in [-0.2, -0.15) is 10.6 Å². The van der Waals surface area contributed by atoms with E-state index in [0.29, 0.717) is 29.4 Å². The van der Waals surface area contributed by atoms with Crippen molar-refractivity contribution < 1.29 is 23.7 Å². The monoisotopic (exact) mass is 501 g/mol. The van der Waals surface area contributed by atoms with E-state index in [-0.39, 0.29) is 5.41 Å². The number of carboxylic acids is 1. The Morgan fingerprint density at radius 2 is 1.74 bits per heavy atom. The lowest BCUT2D eigenvalue weighted by atomic mass is 9.79. The van der Waals surface area contributed by atoms with Crippen LogP contribution in [0.1, 0.15) is 64.9 Å². The number of anilines is 2. The molecular weight excluding hydrogens is 462 g/mol. The first kappa shape index (κ1) is 27.1. The second kappa shape index (κ2) is 12.0. The third-order valence-electron chi connectivity index (χ3n) is 6.76. The van der Waals surface area contributed by atoms with Gasteiger partial charge in [0.1, 0.15) is 5.75 Å². The molecule has 0 radical (unpaired) electrons. The van der Waals surface area contributed by atoms with Gasteiger partial charge in [0.05, 0.1) is 22.9 Å². The van der Waals surface area contributed by atoms with Crippen LogP contribution in [0.15, 0.2) is 59.7 Å². The normalized spacial score (nSPS) is 17.6. The van der Waals surface area contributed by atoms with Gasteiger partial charge in [-0.3, -0.25) is 9.11 Å². The molecule has 3 N–H and O–H groups in total. The summed E-state index contributed by atoms with van der Waals surface area (Å²) in [6.45, 7) is 7.06. The van der Waals surface area contributed by atoms with E-state index in [1.54, 1.807) is 6.07 Å². The number of rotatable bonds is 11.